The summed E-state index contributed by atoms with van der Waals surface area (Å²) in [6.07, 6.45) is 3.73. The third kappa shape index (κ3) is 2.33. The Morgan fingerprint density at radius 2 is 2.21 bits per heavy atom. The molecule has 0 fully saturated rings. The van der Waals surface area contributed by atoms with Crippen molar-refractivity contribution in [3.63, 3.8) is 0 Å². The van der Waals surface area contributed by atoms with Crippen LogP contribution < -0.4 is 5.32 Å². The Balaban J connectivity index is 1.80. The Morgan fingerprint density at radius 3 is 2.95 bits per heavy atom. The molecule has 6 nitrogen and oxygen atoms in total. The quantitative estimate of drug-likeness (QED) is 0.803. The van der Waals surface area contributed by atoms with E-state index >= 15 is 0 Å². The zero-order chi connectivity index (χ0) is 13.4. The molecule has 0 saturated carbocycles. The van der Waals surface area contributed by atoms with Gasteiger partial charge in [-0.05, 0) is 35.0 Å². The largest absolute Gasteiger partial charge is 0.349 e. The highest BCUT2D eigenvalue weighted by Crippen LogP contribution is 2.13. The Morgan fingerprint density at radius 1 is 1.37 bits per heavy atom. The van der Waals surface area contributed by atoms with Crippen molar-refractivity contribution < 1.29 is 0 Å². The van der Waals surface area contributed by atoms with Crippen LogP contribution in [0.4, 0.5) is 5.95 Å². The lowest BCUT2D eigenvalue weighted by Gasteiger charge is -2.00. The van der Waals surface area contributed by atoms with Crippen LogP contribution in [0.1, 0.15) is 11.3 Å². The maximum atomic E-state index is 4.40. The lowest BCUT2D eigenvalue weighted by molar-refractivity contribution is 0.738. The van der Waals surface area contributed by atoms with E-state index in [2.05, 4.69) is 36.4 Å². The fourth-order valence-corrected chi connectivity index (χ4v) is 2.15. The Bertz CT molecular complexity index is 729. The summed E-state index contributed by atoms with van der Waals surface area (Å²) >= 11 is 3.41. The molecule has 3 aromatic rings. The van der Waals surface area contributed by atoms with Gasteiger partial charge in [-0.2, -0.15) is 10.1 Å². The summed E-state index contributed by atoms with van der Waals surface area (Å²) in [5.41, 5.74) is 3.09. The predicted octanol–water partition coefficient (Wildman–Crippen LogP) is 2.15. The number of pyridine rings is 1. The van der Waals surface area contributed by atoms with E-state index in [1.807, 2.05) is 43.2 Å². The number of aryl methyl sites for hydroxylation is 1. The Kier molecular flexibility index (Phi) is 2.98. The van der Waals surface area contributed by atoms with Gasteiger partial charge < -0.3 is 5.32 Å². The number of aromatic nitrogens is 5. The van der Waals surface area contributed by atoms with Crippen molar-refractivity contribution in [2.45, 2.75) is 13.5 Å². The van der Waals surface area contributed by atoms with E-state index in [1.165, 1.54) is 0 Å². The molecular weight excluding hydrogens is 308 g/mol. The minimum atomic E-state index is 0.612. The summed E-state index contributed by atoms with van der Waals surface area (Å²) in [6, 6.07) is 3.86. The van der Waals surface area contributed by atoms with Crippen molar-refractivity contribution in [1.82, 2.24) is 24.4 Å². The molecule has 3 heterocycles. The first-order valence-corrected chi connectivity index (χ1v) is 6.66. The van der Waals surface area contributed by atoms with Crippen LogP contribution in [0.25, 0.3) is 5.65 Å². The summed E-state index contributed by atoms with van der Waals surface area (Å²) in [7, 11) is 1.93. The summed E-state index contributed by atoms with van der Waals surface area (Å²) in [5, 5.41) is 11.8. The monoisotopic (exact) mass is 320 g/mol. The lowest BCUT2D eigenvalue weighted by Crippen LogP contribution is -2.02. The van der Waals surface area contributed by atoms with E-state index in [9.17, 15) is 0 Å². The standard InChI is InChI=1S/C12H13BrN6/c1-8-9(6-15-18(8)2)5-14-12-16-11-4-3-10(13)7-19(11)17-12/h3-4,6-7H,5H2,1-2H3,(H,14,17). The summed E-state index contributed by atoms with van der Waals surface area (Å²) in [4.78, 5) is 4.40. The van der Waals surface area contributed by atoms with Gasteiger partial charge in [0.2, 0.25) is 5.95 Å². The van der Waals surface area contributed by atoms with E-state index in [0.29, 0.717) is 12.5 Å². The summed E-state index contributed by atoms with van der Waals surface area (Å²) in [5.74, 6) is 0.612. The van der Waals surface area contributed by atoms with Crippen molar-refractivity contribution >= 4 is 27.5 Å². The van der Waals surface area contributed by atoms with Crippen molar-refractivity contribution in [3.8, 4) is 0 Å². The van der Waals surface area contributed by atoms with Crippen LogP contribution in [0.5, 0.6) is 0 Å². The molecule has 0 atom stereocenters. The highest BCUT2D eigenvalue weighted by molar-refractivity contribution is 9.10. The first-order chi connectivity index (χ1) is 9.13. The van der Waals surface area contributed by atoms with Crippen LogP contribution in [0.15, 0.2) is 29.0 Å². The van der Waals surface area contributed by atoms with Gasteiger partial charge in [0.1, 0.15) is 0 Å². The maximum Gasteiger partial charge on any atom is 0.243 e. The molecule has 3 rings (SSSR count). The van der Waals surface area contributed by atoms with E-state index < -0.39 is 0 Å². The second-order valence-corrected chi connectivity index (χ2v) is 5.23. The number of hydrogen-bond donors (Lipinski definition) is 1. The second-order valence-electron chi connectivity index (χ2n) is 4.32. The number of nitrogens with zero attached hydrogens (tertiary/aromatic N) is 5. The fraction of sp³-hybridized carbons (Fsp3) is 0.250. The molecule has 0 spiro atoms. The van der Waals surface area contributed by atoms with Gasteiger partial charge in [0.25, 0.3) is 0 Å². The molecule has 19 heavy (non-hydrogen) atoms. The van der Waals surface area contributed by atoms with E-state index in [1.54, 1.807) is 4.52 Å². The number of hydrogen-bond acceptors (Lipinski definition) is 4. The SMILES string of the molecule is Cc1c(CNc2nc3ccc(Br)cn3n2)cnn1C. The minimum Gasteiger partial charge on any atom is -0.349 e. The number of halogens is 1. The Hall–Kier alpha value is -1.89. The summed E-state index contributed by atoms with van der Waals surface area (Å²) < 4.78 is 4.56. The first-order valence-electron chi connectivity index (χ1n) is 5.87. The minimum absolute atomic E-state index is 0.612. The smallest absolute Gasteiger partial charge is 0.243 e. The van der Waals surface area contributed by atoms with Gasteiger partial charge in [-0.15, -0.1) is 5.10 Å². The molecule has 1 N–H and O–H groups in total. The van der Waals surface area contributed by atoms with Gasteiger partial charge in [0, 0.05) is 35.5 Å². The van der Waals surface area contributed by atoms with Crippen LogP contribution >= 0.6 is 15.9 Å². The number of nitrogens with one attached hydrogen (secondary N) is 1. The zero-order valence-corrected chi connectivity index (χ0v) is 12.2. The molecule has 7 heteroatoms. The molecule has 98 valence electrons. The van der Waals surface area contributed by atoms with Gasteiger partial charge in [-0.25, -0.2) is 4.52 Å². The highest BCUT2D eigenvalue weighted by Gasteiger charge is 2.06. The normalized spacial score (nSPS) is 11.1. The van der Waals surface area contributed by atoms with Crippen LogP contribution in [0.3, 0.4) is 0 Å². The van der Waals surface area contributed by atoms with Gasteiger partial charge in [-0.1, -0.05) is 0 Å². The zero-order valence-electron chi connectivity index (χ0n) is 10.6. The molecule has 0 radical (unpaired) electrons. The van der Waals surface area contributed by atoms with Gasteiger partial charge in [-0.3, -0.25) is 4.68 Å². The number of fused-ring (bicyclic) bond motifs is 1. The van der Waals surface area contributed by atoms with Crippen molar-refractivity contribution in [3.05, 3.63) is 40.3 Å². The first kappa shape index (κ1) is 12.2. The molecule has 0 saturated heterocycles. The maximum absolute atomic E-state index is 4.40. The van der Waals surface area contributed by atoms with Crippen molar-refractivity contribution in [1.29, 1.82) is 0 Å². The van der Waals surface area contributed by atoms with Crippen LogP contribution in [0.2, 0.25) is 0 Å². The van der Waals surface area contributed by atoms with Crippen LogP contribution in [-0.4, -0.2) is 24.4 Å². The molecule has 0 unspecified atom stereocenters. The van der Waals surface area contributed by atoms with Gasteiger partial charge in [0.05, 0.1) is 6.20 Å². The second kappa shape index (κ2) is 4.65. The molecule has 0 bridgehead atoms. The third-order valence-corrected chi connectivity index (χ3v) is 3.54. The van der Waals surface area contributed by atoms with Crippen LogP contribution in [-0.2, 0) is 13.6 Å². The molecule has 0 aliphatic heterocycles. The molecule has 0 aliphatic carbocycles. The van der Waals surface area contributed by atoms with Gasteiger partial charge in [0.15, 0.2) is 5.65 Å². The number of anilines is 1. The average molecular weight is 321 g/mol. The lowest BCUT2D eigenvalue weighted by atomic mass is 10.2. The highest BCUT2D eigenvalue weighted by atomic mass is 79.9. The summed E-state index contributed by atoms with van der Waals surface area (Å²) in [6.45, 7) is 2.70. The molecule has 0 aliphatic rings. The van der Waals surface area contributed by atoms with Crippen LogP contribution in [0, 0.1) is 6.92 Å². The Labute approximate surface area is 118 Å². The van der Waals surface area contributed by atoms with E-state index in [0.717, 1.165) is 21.4 Å². The number of rotatable bonds is 3. The van der Waals surface area contributed by atoms with Crippen molar-refractivity contribution in [2.75, 3.05) is 5.32 Å². The predicted molar refractivity (Wildman–Crippen MR) is 76.0 cm³/mol. The topological polar surface area (TPSA) is 60.0 Å². The molecular formula is C12H13BrN6. The van der Waals surface area contributed by atoms with Gasteiger partial charge >= 0.3 is 0 Å². The molecule has 0 amide bonds. The van der Waals surface area contributed by atoms with E-state index in [4.69, 9.17) is 0 Å². The third-order valence-electron chi connectivity index (χ3n) is 3.07. The van der Waals surface area contributed by atoms with Crippen molar-refractivity contribution in [2.24, 2.45) is 7.05 Å². The average Bonchev–Trinajstić information content (AvgIpc) is 2.92. The van der Waals surface area contributed by atoms with E-state index in [-0.39, 0.29) is 0 Å². The molecule has 0 aromatic carbocycles. The molecule has 3 aromatic heterocycles. The fourth-order valence-electron chi connectivity index (χ4n) is 1.82.